The number of hydrogen-bond acceptors (Lipinski definition) is 1. The van der Waals surface area contributed by atoms with Gasteiger partial charge in [0.2, 0.25) is 0 Å². The Labute approximate surface area is 96.3 Å². The van der Waals surface area contributed by atoms with Crippen molar-refractivity contribution in [3.05, 3.63) is 71.8 Å². The Morgan fingerprint density at radius 3 is 1.44 bits per heavy atom. The summed E-state index contributed by atoms with van der Waals surface area (Å²) in [5.74, 6) is 0. The maximum Gasteiger partial charge on any atom is 0.0549 e. The second-order valence-corrected chi connectivity index (χ2v) is 4.38. The van der Waals surface area contributed by atoms with Crippen molar-refractivity contribution in [2.24, 2.45) is 0 Å². The zero-order valence-electron chi connectivity index (χ0n) is 9.38. The average molecular weight is 209 g/mol. The van der Waals surface area contributed by atoms with Gasteiger partial charge in [-0.1, -0.05) is 60.7 Å². The summed E-state index contributed by atoms with van der Waals surface area (Å²) in [6.45, 7) is 0. The van der Waals surface area contributed by atoms with E-state index in [1.807, 2.05) is 0 Å². The maximum atomic E-state index is 2.41. The first-order chi connectivity index (χ1) is 7.88. The fraction of sp³-hybridized carbons (Fsp3) is 0.200. The molecule has 1 aliphatic rings. The summed E-state index contributed by atoms with van der Waals surface area (Å²) in [4.78, 5) is 2.41. The smallest absolute Gasteiger partial charge is 0.0549 e. The summed E-state index contributed by atoms with van der Waals surface area (Å²) >= 11 is 0. The van der Waals surface area contributed by atoms with E-state index >= 15 is 0 Å². The molecule has 0 amide bonds. The molecule has 1 saturated heterocycles. The van der Waals surface area contributed by atoms with E-state index in [4.69, 9.17) is 0 Å². The van der Waals surface area contributed by atoms with E-state index in [0.717, 1.165) is 0 Å². The lowest BCUT2D eigenvalue weighted by atomic mass is 10.0. The molecule has 0 spiro atoms. The third-order valence-corrected chi connectivity index (χ3v) is 3.37. The predicted molar refractivity (Wildman–Crippen MR) is 66.1 cm³/mol. The van der Waals surface area contributed by atoms with Gasteiger partial charge in [0.1, 0.15) is 0 Å². The van der Waals surface area contributed by atoms with E-state index in [1.165, 1.54) is 11.1 Å². The summed E-state index contributed by atoms with van der Waals surface area (Å²) in [5, 5.41) is 0. The monoisotopic (exact) mass is 209 g/mol. The molecule has 2 aromatic rings. The van der Waals surface area contributed by atoms with Crippen molar-refractivity contribution in [1.82, 2.24) is 4.90 Å². The second-order valence-electron chi connectivity index (χ2n) is 4.38. The summed E-state index contributed by atoms with van der Waals surface area (Å²) in [6.07, 6.45) is 0. The summed E-state index contributed by atoms with van der Waals surface area (Å²) in [5.41, 5.74) is 2.83. The first-order valence-electron chi connectivity index (χ1n) is 5.70. The average Bonchev–Trinajstić information content (AvgIpc) is 3.03. The van der Waals surface area contributed by atoms with Gasteiger partial charge in [-0.05, 0) is 18.2 Å². The molecular weight excluding hydrogens is 194 g/mol. The van der Waals surface area contributed by atoms with Crippen LogP contribution in [0.1, 0.15) is 23.2 Å². The topological polar surface area (TPSA) is 3.01 Å². The van der Waals surface area contributed by atoms with E-state index < -0.39 is 0 Å². The van der Waals surface area contributed by atoms with Gasteiger partial charge in [-0.2, -0.15) is 0 Å². The van der Waals surface area contributed by atoms with E-state index in [0.29, 0.717) is 12.1 Å². The maximum absolute atomic E-state index is 2.41. The van der Waals surface area contributed by atoms with Crippen molar-refractivity contribution in [1.29, 1.82) is 0 Å². The van der Waals surface area contributed by atoms with Gasteiger partial charge in [0.15, 0.2) is 0 Å². The summed E-state index contributed by atoms with van der Waals surface area (Å²) < 4.78 is 0. The lowest BCUT2D eigenvalue weighted by molar-refractivity contribution is 0.596. The standard InChI is InChI=1S/C15H15N/c1-16-14(12-8-4-2-5-9-12)15(16)13-10-6-3-7-11-13/h2-11,14-15H,1H3/t14-,15-/m0/s1. The zero-order valence-corrected chi connectivity index (χ0v) is 9.38. The van der Waals surface area contributed by atoms with Crippen LogP contribution in [-0.2, 0) is 0 Å². The Hall–Kier alpha value is -1.60. The predicted octanol–water partition coefficient (Wildman–Crippen LogP) is 3.41. The van der Waals surface area contributed by atoms with Gasteiger partial charge >= 0.3 is 0 Å². The van der Waals surface area contributed by atoms with Crippen molar-refractivity contribution in [3.63, 3.8) is 0 Å². The van der Waals surface area contributed by atoms with Crippen molar-refractivity contribution >= 4 is 0 Å². The van der Waals surface area contributed by atoms with Gasteiger partial charge in [-0.3, -0.25) is 4.90 Å². The molecule has 1 fully saturated rings. The van der Waals surface area contributed by atoms with E-state index in [-0.39, 0.29) is 0 Å². The van der Waals surface area contributed by atoms with E-state index in [1.54, 1.807) is 0 Å². The second kappa shape index (κ2) is 3.76. The van der Waals surface area contributed by atoms with Gasteiger partial charge < -0.3 is 0 Å². The minimum atomic E-state index is 0.559. The van der Waals surface area contributed by atoms with Gasteiger partial charge in [0.25, 0.3) is 0 Å². The molecular formula is C15H15N. The minimum Gasteiger partial charge on any atom is -0.289 e. The van der Waals surface area contributed by atoms with Crippen LogP contribution in [0, 0.1) is 0 Å². The molecule has 2 atom stereocenters. The lowest BCUT2D eigenvalue weighted by Crippen LogP contribution is -1.87. The third-order valence-electron chi connectivity index (χ3n) is 3.37. The van der Waals surface area contributed by atoms with Crippen LogP contribution in [0.15, 0.2) is 60.7 Å². The Morgan fingerprint density at radius 1 is 0.688 bits per heavy atom. The molecule has 0 saturated carbocycles. The fourth-order valence-corrected chi connectivity index (χ4v) is 2.47. The minimum absolute atomic E-state index is 0.559. The highest BCUT2D eigenvalue weighted by atomic mass is 15.3. The van der Waals surface area contributed by atoms with Crippen LogP contribution >= 0.6 is 0 Å². The molecule has 0 N–H and O–H groups in total. The first-order valence-corrected chi connectivity index (χ1v) is 5.70. The molecule has 16 heavy (non-hydrogen) atoms. The van der Waals surface area contributed by atoms with Gasteiger partial charge in [-0.15, -0.1) is 0 Å². The van der Waals surface area contributed by atoms with Gasteiger partial charge in [-0.25, -0.2) is 0 Å². The number of rotatable bonds is 2. The van der Waals surface area contributed by atoms with Crippen molar-refractivity contribution < 1.29 is 0 Å². The third kappa shape index (κ3) is 1.54. The van der Waals surface area contributed by atoms with E-state index in [9.17, 15) is 0 Å². The Kier molecular flexibility index (Phi) is 2.26. The van der Waals surface area contributed by atoms with Crippen LogP contribution in [0.25, 0.3) is 0 Å². The van der Waals surface area contributed by atoms with Crippen LogP contribution in [0.4, 0.5) is 0 Å². The highest BCUT2D eigenvalue weighted by Crippen LogP contribution is 2.52. The molecule has 1 heterocycles. The molecule has 2 aromatic carbocycles. The lowest BCUT2D eigenvalue weighted by Gasteiger charge is -1.97. The highest BCUT2D eigenvalue weighted by molar-refractivity contribution is 5.34. The van der Waals surface area contributed by atoms with Crippen LogP contribution in [0.5, 0.6) is 0 Å². The highest BCUT2D eigenvalue weighted by Gasteiger charge is 2.45. The molecule has 0 bridgehead atoms. The molecule has 0 aliphatic carbocycles. The Morgan fingerprint density at radius 2 is 1.06 bits per heavy atom. The molecule has 1 nitrogen and oxygen atoms in total. The normalized spacial score (nSPS) is 27.7. The number of hydrogen-bond donors (Lipinski definition) is 0. The molecule has 1 aliphatic heterocycles. The number of nitrogens with zero attached hydrogens (tertiary/aromatic N) is 1. The number of benzene rings is 2. The quantitative estimate of drug-likeness (QED) is 0.685. The van der Waals surface area contributed by atoms with Crippen molar-refractivity contribution in [3.8, 4) is 0 Å². The molecule has 1 heteroatoms. The van der Waals surface area contributed by atoms with E-state index in [2.05, 4.69) is 72.6 Å². The molecule has 0 aromatic heterocycles. The van der Waals surface area contributed by atoms with Gasteiger partial charge in [0, 0.05) is 0 Å². The molecule has 3 rings (SSSR count). The van der Waals surface area contributed by atoms with Crippen molar-refractivity contribution in [2.75, 3.05) is 7.05 Å². The van der Waals surface area contributed by atoms with Crippen LogP contribution in [0.2, 0.25) is 0 Å². The fourth-order valence-electron chi connectivity index (χ4n) is 2.47. The first kappa shape index (κ1) is 9.61. The summed E-state index contributed by atoms with van der Waals surface area (Å²) in [7, 11) is 2.19. The Bertz CT molecular complexity index is 418. The van der Waals surface area contributed by atoms with Crippen LogP contribution in [-0.4, -0.2) is 11.9 Å². The summed E-state index contributed by atoms with van der Waals surface area (Å²) in [6, 6.07) is 22.6. The zero-order chi connectivity index (χ0) is 11.0. The van der Waals surface area contributed by atoms with Crippen molar-refractivity contribution in [2.45, 2.75) is 12.1 Å². The molecule has 80 valence electrons. The SMILES string of the molecule is CN1[C@@H](c2ccccc2)[C@@H]1c1ccccc1. The van der Waals surface area contributed by atoms with Gasteiger partial charge in [0.05, 0.1) is 12.1 Å². The van der Waals surface area contributed by atoms with Crippen LogP contribution in [0.3, 0.4) is 0 Å². The molecule has 0 radical (unpaired) electrons. The molecule has 0 unspecified atom stereocenters. The van der Waals surface area contributed by atoms with Crippen LogP contribution < -0.4 is 0 Å². The Balaban J connectivity index is 1.87. The number of likely N-dealkylation sites (N-methyl/N-ethyl adjacent to an activating group) is 1. The largest absolute Gasteiger partial charge is 0.289 e.